The molecule has 0 aliphatic rings. The van der Waals surface area contributed by atoms with Crippen molar-refractivity contribution in [3.05, 3.63) is 96.3 Å². The van der Waals surface area contributed by atoms with E-state index in [-0.39, 0.29) is 5.91 Å². The lowest BCUT2D eigenvalue weighted by Gasteiger charge is -2.08. The van der Waals surface area contributed by atoms with E-state index in [1.807, 2.05) is 42.8 Å². The zero-order valence-corrected chi connectivity index (χ0v) is 21.6. The number of hydrogen-bond acceptors (Lipinski definition) is 3. The first kappa shape index (κ1) is 23.8. The number of aromatic nitrogens is 4. The van der Waals surface area contributed by atoms with Crippen molar-refractivity contribution >= 4 is 62.5 Å². The van der Waals surface area contributed by atoms with Crippen LogP contribution >= 0.6 is 50.7 Å². The van der Waals surface area contributed by atoms with Gasteiger partial charge >= 0.3 is 0 Å². The molecule has 1 N–H and O–H groups in total. The fraction of sp³-hybridized carbons (Fsp3) is 0.174. The van der Waals surface area contributed by atoms with Crippen molar-refractivity contribution in [2.24, 2.45) is 0 Å². The second kappa shape index (κ2) is 9.89. The number of carbonyl (C=O) groups is 1. The van der Waals surface area contributed by atoms with Crippen LogP contribution in [0.1, 0.15) is 32.9 Å². The highest BCUT2D eigenvalue weighted by Gasteiger charge is 2.15. The van der Waals surface area contributed by atoms with E-state index in [4.69, 9.17) is 34.8 Å². The summed E-state index contributed by atoms with van der Waals surface area (Å²) in [4.78, 5) is 12.9. The molecule has 2 heterocycles. The Morgan fingerprint density at radius 2 is 1.85 bits per heavy atom. The predicted molar refractivity (Wildman–Crippen MR) is 136 cm³/mol. The summed E-state index contributed by atoms with van der Waals surface area (Å²) in [5.41, 5.74) is 3.99. The minimum atomic E-state index is -0.265. The molecule has 0 saturated carbocycles. The molecule has 2 aromatic carbocycles. The second-order valence-corrected chi connectivity index (χ2v) is 9.63. The average molecular weight is 568 g/mol. The number of hydrogen-bond donors (Lipinski definition) is 1. The Hall–Kier alpha value is -2.32. The molecule has 0 aliphatic heterocycles. The molecule has 0 spiro atoms. The zero-order valence-electron chi connectivity index (χ0n) is 17.7. The summed E-state index contributed by atoms with van der Waals surface area (Å²) in [7, 11) is 0. The first-order valence-corrected chi connectivity index (χ1v) is 11.9. The Morgan fingerprint density at radius 1 is 1.06 bits per heavy atom. The van der Waals surface area contributed by atoms with Gasteiger partial charge in [-0.05, 0) is 65.2 Å². The van der Waals surface area contributed by atoms with Gasteiger partial charge in [0.1, 0.15) is 0 Å². The van der Waals surface area contributed by atoms with Crippen molar-refractivity contribution in [1.29, 1.82) is 0 Å². The second-order valence-electron chi connectivity index (χ2n) is 7.56. The Labute approximate surface area is 214 Å². The van der Waals surface area contributed by atoms with Crippen LogP contribution in [-0.2, 0) is 13.1 Å². The van der Waals surface area contributed by atoms with E-state index in [1.54, 1.807) is 29.1 Å². The first-order valence-electron chi connectivity index (χ1n) is 9.98. The van der Waals surface area contributed by atoms with Gasteiger partial charge in [0.2, 0.25) is 0 Å². The van der Waals surface area contributed by atoms with Gasteiger partial charge in [-0.2, -0.15) is 10.2 Å². The van der Waals surface area contributed by atoms with Crippen molar-refractivity contribution in [3.8, 4) is 0 Å². The van der Waals surface area contributed by atoms with Gasteiger partial charge in [-0.3, -0.25) is 14.2 Å². The van der Waals surface area contributed by atoms with E-state index in [2.05, 4.69) is 31.4 Å². The summed E-state index contributed by atoms with van der Waals surface area (Å²) in [6, 6.07) is 12.7. The van der Waals surface area contributed by atoms with Gasteiger partial charge in [-0.15, -0.1) is 0 Å². The minimum Gasteiger partial charge on any atom is -0.304 e. The Bertz CT molecular complexity index is 1350. The van der Waals surface area contributed by atoms with Crippen LogP contribution in [0.15, 0.2) is 53.1 Å². The average Bonchev–Trinajstić information content (AvgIpc) is 3.23. The van der Waals surface area contributed by atoms with Crippen LogP contribution in [0.2, 0.25) is 15.1 Å². The highest BCUT2D eigenvalue weighted by molar-refractivity contribution is 9.10. The number of anilines is 1. The van der Waals surface area contributed by atoms with Gasteiger partial charge < -0.3 is 5.32 Å². The molecule has 170 valence electrons. The molecule has 10 heteroatoms. The molecule has 0 aliphatic carbocycles. The lowest BCUT2D eigenvalue weighted by molar-refractivity contribution is 0.102. The minimum absolute atomic E-state index is 0.265. The number of aryl methyl sites for hydroxylation is 1. The van der Waals surface area contributed by atoms with E-state index in [0.29, 0.717) is 44.0 Å². The molecule has 33 heavy (non-hydrogen) atoms. The molecule has 0 unspecified atom stereocenters. The van der Waals surface area contributed by atoms with Crippen LogP contribution in [0.25, 0.3) is 0 Å². The number of carbonyl (C=O) groups excluding carboxylic acids is 1. The molecule has 4 rings (SSSR count). The molecular formula is C23H19BrCl3N5O. The van der Waals surface area contributed by atoms with Gasteiger partial charge in [0.05, 0.1) is 34.0 Å². The fourth-order valence-electron chi connectivity index (χ4n) is 3.38. The normalized spacial score (nSPS) is 11.1. The van der Waals surface area contributed by atoms with Crippen LogP contribution in [0, 0.1) is 13.8 Å². The Kier molecular flexibility index (Phi) is 7.14. The van der Waals surface area contributed by atoms with Gasteiger partial charge in [-0.25, -0.2) is 0 Å². The lowest BCUT2D eigenvalue weighted by atomic mass is 10.1. The molecular weight excluding hydrogens is 549 g/mol. The Morgan fingerprint density at radius 3 is 2.55 bits per heavy atom. The van der Waals surface area contributed by atoms with Crippen LogP contribution in [-0.4, -0.2) is 25.5 Å². The highest BCUT2D eigenvalue weighted by atomic mass is 79.9. The molecule has 0 bridgehead atoms. The molecule has 0 radical (unpaired) electrons. The lowest BCUT2D eigenvalue weighted by Crippen LogP contribution is -2.14. The molecule has 0 fully saturated rings. The summed E-state index contributed by atoms with van der Waals surface area (Å²) < 4.78 is 4.18. The molecule has 0 atom stereocenters. The number of amides is 1. The smallest absolute Gasteiger partial charge is 0.256 e. The third kappa shape index (κ3) is 5.44. The molecule has 2 aromatic heterocycles. The Balaban J connectivity index is 1.48. The van der Waals surface area contributed by atoms with Crippen LogP contribution in [0.3, 0.4) is 0 Å². The van der Waals surface area contributed by atoms with Crippen molar-refractivity contribution < 1.29 is 4.79 Å². The first-order chi connectivity index (χ1) is 15.7. The number of nitrogens with zero attached hydrogens (tertiary/aromatic N) is 4. The zero-order chi connectivity index (χ0) is 23.7. The summed E-state index contributed by atoms with van der Waals surface area (Å²) in [5, 5.41) is 13.6. The van der Waals surface area contributed by atoms with Crippen LogP contribution in [0.5, 0.6) is 0 Å². The number of rotatable bonds is 6. The van der Waals surface area contributed by atoms with Crippen LogP contribution < -0.4 is 5.32 Å². The van der Waals surface area contributed by atoms with Gasteiger partial charge in [0.25, 0.3) is 5.91 Å². The summed E-state index contributed by atoms with van der Waals surface area (Å²) in [6.45, 7) is 4.74. The van der Waals surface area contributed by atoms with Gasteiger partial charge in [-0.1, -0.05) is 53.0 Å². The highest BCUT2D eigenvalue weighted by Crippen LogP contribution is 2.25. The predicted octanol–water partition coefficient (Wildman–Crippen LogP) is 6.77. The van der Waals surface area contributed by atoms with E-state index in [1.165, 1.54) is 0 Å². The summed E-state index contributed by atoms with van der Waals surface area (Å²) in [6.07, 6.45) is 1.78. The molecule has 4 aromatic rings. The van der Waals surface area contributed by atoms with Gasteiger partial charge in [0.15, 0.2) is 5.82 Å². The quantitative estimate of drug-likeness (QED) is 0.280. The maximum atomic E-state index is 12.9. The topological polar surface area (TPSA) is 64.7 Å². The number of benzene rings is 2. The monoisotopic (exact) mass is 565 g/mol. The molecule has 0 saturated heterocycles. The maximum absolute atomic E-state index is 12.9. The number of nitrogens with one attached hydrogen (secondary N) is 1. The van der Waals surface area contributed by atoms with E-state index in [0.717, 1.165) is 22.5 Å². The van der Waals surface area contributed by atoms with Crippen molar-refractivity contribution in [3.63, 3.8) is 0 Å². The summed E-state index contributed by atoms with van der Waals surface area (Å²) >= 11 is 21.9. The van der Waals surface area contributed by atoms with Crippen molar-refractivity contribution in [1.82, 2.24) is 19.6 Å². The van der Waals surface area contributed by atoms with Crippen LogP contribution in [0.4, 0.5) is 5.82 Å². The SMILES string of the molecule is Cc1nn(Cc2cccc(C(=O)Nc3nn(Cc4ccc(Cl)cc4Cl)cc3Br)c2)c(C)c1Cl. The van der Waals surface area contributed by atoms with Crippen molar-refractivity contribution in [2.75, 3.05) is 5.32 Å². The summed E-state index contributed by atoms with van der Waals surface area (Å²) in [5.74, 6) is 0.152. The van der Waals surface area contributed by atoms with Crippen molar-refractivity contribution in [2.45, 2.75) is 26.9 Å². The van der Waals surface area contributed by atoms with E-state index < -0.39 is 0 Å². The fourth-order valence-corrected chi connectivity index (χ4v) is 4.40. The number of halogens is 4. The van der Waals surface area contributed by atoms with Gasteiger partial charge in [0, 0.05) is 21.8 Å². The third-order valence-corrected chi connectivity index (χ3v) is 6.83. The van der Waals surface area contributed by atoms with E-state index >= 15 is 0 Å². The van der Waals surface area contributed by atoms with E-state index in [9.17, 15) is 4.79 Å². The molecule has 6 nitrogen and oxygen atoms in total. The standard InChI is InChI=1S/C23H19BrCl3N5O/c1-13-21(27)14(2)32(29-13)10-15-4-3-5-16(8-15)23(33)28-22-19(24)12-31(30-22)11-17-6-7-18(25)9-20(17)26/h3-9,12H,10-11H2,1-2H3,(H,28,30,33). The molecule has 1 amide bonds. The third-order valence-electron chi connectivity index (χ3n) is 5.11. The maximum Gasteiger partial charge on any atom is 0.256 e. The largest absolute Gasteiger partial charge is 0.304 e.